The number of benzene rings is 1. The number of piperidine rings is 1. The second kappa shape index (κ2) is 5.55. The van der Waals surface area contributed by atoms with Crippen molar-refractivity contribution in [2.45, 2.75) is 56.8 Å². The number of fused-ring (bicyclic) bond motifs is 2. The zero-order valence-corrected chi connectivity index (χ0v) is 13.4. The summed E-state index contributed by atoms with van der Waals surface area (Å²) in [5, 5.41) is 3.84. The summed E-state index contributed by atoms with van der Waals surface area (Å²) in [5.74, 6) is 0. The van der Waals surface area contributed by atoms with Gasteiger partial charge in [-0.1, -0.05) is 34.1 Å². The normalized spacial score (nSPS) is 32.5. The van der Waals surface area contributed by atoms with E-state index in [-0.39, 0.29) is 0 Å². The molecule has 0 saturated carbocycles. The summed E-state index contributed by atoms with van der Waals surface area (Å²) in [7, 11) is 2.30. The average molecular weight is 323 g/mol. The van der Waals surface area contributed by atoms with Crippen LogP contribution < -0.4 is 5.32 Å². The van der Waals surface area contributed by atoms with E-state index in [9.17, 15) is 0 Å². The van der Waals surface area contributed by atoms with Gasteiger partial charge in [0.2, 0.25) is 0 Å². The summed E-state index contributed by atoms with van der Waals surface area (Å²) >= 11 is 3.66. The minimum absolute atomic E-state index is 0.420. The van der Waals surface area contributed by atoms with Crippen LogP contribution in [0.5, 0.6) is 0 Å². The van der Waals surface area contributed by atoms with E-state index in [0.29, 0.717) is 12.1 Å². The molecule has 2 unspecified atom stereocenters. The van der Waals surface area contributed by atoms with Crippen LogP contribution in [-0.2, 0) is 0 Å². The maximum Gasteiger partial charge on any atom is 0.0305 e. The summed E-state index contributed by atoms with van der Waals surface area (Å²) in [4.78, 5) is 2.60. The number of nitrogens with one attached hydrogen (secondary N) is 1. The number of rotatable bonds is 3. The van der Waals surface area contributed by atoms with Crippen LogP contribution in [0.1, 0.15) is 44.2 Å². The first-order chi connectivity index (χ1) is 9.15. The molecule has 0 spiro atoms. The molecule has 104 valence electrons. The Kier molecular flexibility index (Phi) is 3.97. The van der Waals surface area contributed by atoms with Gasteiger partial charge in [0, 0.05) is 28.6 Å². The van der Waals surface area contributed by atoms with Gasteiger partial charge in [-0.25, -0.2) is 0 Å². The molecule has 2 nitrogen and oxygen atoms in total. The zero-order chi connectivity index (χ0) is 13.4. The van der Waals surface area contributed by atoms with Gasteiger partial charge in [0.05, 0.1) is 0 Å². The van der Waals surface area contributed by atoms with Gasteiger partial charge in [-0.3, -0.25) is 0 Å². The topological polar surface area (TPSA) is 15.3 Å². The lowest BCUT2D eigenvalue weighted by molar-refractivity contribution is 0.144. The molecule has 2 fully saturated rings. The van der Waals surface area contributed by atoms with Crippen molar-refractivity contribution < 1.29 is 0 Å². The van der Waals surface area contributed by atoms with Gasteiger partial charge in [0.15, 0.2) is 0 Å². The van der Waals surface area contributed by atoms with Crippen LogP contribution in [-0.4, -0.2) is 30.1 Å². The van der Waals surface area contributed by atoms with Crippen molar-refractivity contribution in [1.82, 2.24) is 10.2 Å². The molecular formula is C16H23BrN2. The Morgan fingerprint density at radius 3 is 2.47 bits per heavy atom. The highest BCUT2D eigenvalue weighted by Crippen LogP contribution is 2.35. The van der Waals surface area contributed by atoms with Crippen molar-refractivity contribution in [3.05, 3.63) is 34.3 Å². The predicted molar refractivity (Wildman–Crippen MR) is 83.3 cm³/mol. The molecule has 3 rings (SSSR count). The molecule has 1 N–H and O–H groups in total. The Morgan fingerprint density at radius 1 is 1.21 bits per heavy atom. The Balaban J connectivity index is 1.65. The lowest BCUT2D eigenvalue weighted by Gasteiger charge is -2.38. The second-order valence-electron chi connectivity index (χ2n) is 6.13. The van der Waals surface area contributed by atoms with Gasteiger partial charge in [0.25, 0.3) is 0 Å². The van der Waals surface area contributed by atoms with Crippen LogP contribution in [0.25, 0.3) is 0 Å². The van der Waals surface area contributed by atoms with Gasteiger partial charge in [-0.05, 0) is 51.3 Å². The predicted octanol–water partition coefficient (Wildman–Crippen LogP) is 3.72. The standard InChI is InChI=1S/C16H23BrN2/c1-11(15-5-3-4-6-16(15)17)18-12-9-13-7-8-14(10-12)19(13)2/h3-6,11-14,18H,7-10H2,1-2H3/t11-,12?,13?,14?/m0/s1. The number of hydrogen-bond acceptors (Lipinski definition) is 2. The maximum absolute atomic E-state index is 3.84. The first-order valence-electron chi connectivity index (χ1n) is 7.37. The molecule has 2 aliphatic heterocycles. The zero-order valence-electron chi connectivity index (χ0n) is 11.8. The van der Waals surface area contributed by atoms with Crippen molar-refractivity contribution in [2.24, 2.45) is 0 Å². The van der Waals surface area contributed by atoms with E-state index in [1.807, 2.05) is 0 Å². The lowest BCUT2D eigenvalue weighted by atomic mass is 9.96. The summed E-state index contributed by atoms with van der Waals surface area (Å²) in [6, 6.07) is 11.3. The number of nitrogens with zero attached hydrogens (tertiary/aromatic N) is 1. The van der Waals surface area contributed by atoms with Crippen molar-refractivity contribution in [3.8, 4) is 0 Å². The number of hydrogen-bond donors (Lipinski definition) is 1. The minimum Gasteiger partial charge on any atom is -0.307 e. The van der Waals surface area contributed by atoms with Crippen molar-refractivity contribution >= 4 is 15.9 Å². The first kappa shape index (κ1) is 13.6. The molecule has 3 atom stereocenters. The van der Waals surface area contributed by atoms with Gasteiger partial charge in [0.1, 0.15) is 0 Å². The Labute approximate surface area is 124 Å². The molecule has 2 heterocycles. The SMILES string of the molecule is C[C@H](NC1CC2CCC(C1)N2C)c1ccccc1Br. The highest BCUT2D eigenvalue weighted by Gasteiger charge is 2.38. The van der Waals surface area contributed by atoms with E-state index >= 15 is 0 Å². The van der Waals surface area contributed by atoms with Crippen LogP contribution in [0.2, 0.25) is 0 Å². The van der Waals surface area contributed by atoms with Crippen LogP contribution in [0.4, 0.5) is 0 Å². The lowest BCUT2D eigenvalue weighted by Crippen LogP contribution is -2.47. The third-order valence-corrected chi connectivity index (χ3v) is 5.68. The smallest absolute Gasteiger partial charge is 0.0305 e. The highest BCUT2D eigenvalue weighted by atomic mass is 79.9. The molecule has 3 heteroatoms. The molecule has 2 bridgehead atoms. The van der Waals surface area contributed by atoms with E-state index in [4.69, 9.17) is 0 Å². The minimum atomic E-state index is 0.420. The monoisotopic (exact) mass is 322 g/mol. The Bertz CT molecular complexity index is 434. The average Bonchev–Trinajstić information content (AvgIpc) is 2.63. The summed E-state index contributed by atoms with van der Waals surface area (Å²) in [6.45, 7) is 2.28. The maximum atomic E-state index is 3.84. The van der Waals surface area contributed by atoms with E-state index in [1.165, 1.54) is 35.7 Å². The van der Waals surface area contributed by atoms with Gasteiger partial charge < -0.3 is 10.2 Å². The summed E-state index contributed by atoms with van der Waals surface area (Å²) in [5.41, 5.74) is 1.37. The third-order valence-electron chi connectivity index (χ3n) is 4.96. The van der Waals surface area contributed by atoms with Crippen LogP contribution in [0.3, 0.4) is 0 Å². The molecule has 0 amide bonds. The van der Waals surface area contributed by atoms with Crippen LogP contribution in [0, 0.1) is 0 Å². The van der Waals surface area contributed by atoms with Crippen LogP contribution in [0.15, 0.2) is 28.7 Å². The van der Waals surface area contributed by atoms with Crippen molar-refractivity contribution in [2.75, 3.05) is 7.05 Å². The molecule has 2 aliphatic rings. The first-order valence-corrected chi connectivity index (χ1v) is 8.17. The summed E-state index contributed by atoms with van der Waals surface area (Å²) < 4.78 is 1.21. The van der Waals surface area contributed by atoms with Crippen LogP contribution >= 0.6 is 15.9 Å². The molecule has 2 saturated heterocycles. The molecule has 0 radical (unpaired) electrons. The fourth-order valence-electron chi connectivity index (χ4n) is 3.82. The van der Waals surface area contributed by atoms with E-state index in [0.717, 1.165) is 12.1 Å². The van der Waals surface area contributed by atoms with Crippen molar-refractivity contribution in [1.29, 1.82) is 0 Å². The Morgan fingerprint density at radius 2 is 1.84 bits per heavy atom. The molecular weight excluding hydrogens is 300 g/mol. The van der Waals surface area contributed by atoms with Gasteiger partial charge in [-0.2, -0.15) is 0 Å². The van der Waals surface area contributed by atoms with E-state index < -0.39 is 0 Å². The fraction of sp³-hybridized carbons (Fsp3) is 0.625. The van der Waals surface area contributed by atoms with E-state index in [1.54, 1.807) is 0 Å². The van der Waals surface area contributed by atoms with Gasteiger partial charge >= 0.3 is 0 Å². The number of halogens is 1. The molecule has 0 aliphatic carbocycles. The fourth-order valence-corrected chi connectivity index (χ4v) is 4.45. The van der Waals surface area contributed by atoms with Gasteiger partial charge in [-0.15, -0.1) is 0 Å². The molecule has 0 aromatic heterocycles. The second-order valence-corrected chi connectivity index (χ2v) is 6.98. The molecule has 1 aromatic carbocycles. The summed E-state index contributed by atoms with van der Waals surface area (Å²) in [6.07, 6.45) is 5.40. The third kappa shape index (κ3) is 2.74. The molecule has 19 heavy (non-hydrogen) atoms. The quantitative estimate of drug-likeness (QED) is 0.912. The Hall–Kier alpha value is -0.380. The van der Waals surface area contributed by atoms with E-state index in [2.05, 4.69) is 64.4 Å². The molecule has 1 aromatic rings. The largest absolute Gasteiger partial charge is 0.307 e. The highest BCUT2D eigenvalue weighted by molar-refractivity contribution is 9.10. The van der Waals surface area contributed by atoms with Crippen molar-refractivity contribution in [3.63, 3.8) is 0 Å².